The minimum Gasteiger partial charge on any atom is -0.369 e. The van der Waals surface area contributed by atoms with Crippen LogP contribution in [0.4, 0.5) is 4.39 Å². The summed E-state index contributed by atoms with van der Waals surface area (Å²) < 4.78 is 12.9. The molecule has 2 nitrogen and oxygen atoms in total. The van der Waals surface area contributed by atoms with Crippen LogP contribution in [0.15, 0.2) is 36.4 Å². The number of nitrogens with two attached hydrogens (primary N) is 1. The predicted molar refractivity (Wildman–Crippen MR) is 61.5 cm³/mol. The Morgan fingerprint density at radius 3 is 2.50 bits per heavy atom. The van der Waals surface area contributed by atoms with Crippen molar-refractivity contribution in [3.05, 3.63) is 47.8 Å². The van der Waals surface area contributed by atoms with Gasteiger partial charge in [0.05, 0.1) is 5.92 Å². The summed E-state index contributed by atoms with van der Waals surface area (Å²) in [6.07, 6.45) is 0. The molecule has 0 bridgehead atoms. The number of benzene rings is 2. The van der Waals surface area contributed by atoms with Crippen LogP contribution in [-0.4, -0.2) is 5.91 Å². The third-order valence-electron chi connectivity index (χ3n) is 2.75. The number of amides is 1. The first-order valence-corrected chi connectivity index (χ1v) is 5.06. The van der Waals surface area contributed by atoms with Gasteiger partial charge < -0.3 is 5.73 Å². The van der Waals surface area contributed by atoms with Gasteiger partial charge in [0.1, 0.15) is 5.82 Å². The number of hydrogen-bond acceptors (Lipinski definition) is 1. The van der Waals surface area contributed by atoms with E-state index in [9.17, 15) is 9.18 Å². The first kappa shape index (κ1) is 10.6. The van der Waals surface area contributed by atoms with Crippen molar-refractivity contribution in [1.29, 1.82) is 0 Å². The summed E-state index contributed by atoms with van der Waals surface area (Å²) in [5.74, 6) is -0.945. The second-order valence-corrected chi connectivity index (χ2v) is 3.87. The van der Waals surface area contributed by atoms with Crippen molar-refractivity contribution < 1.29 is 9.18 Å². The molecule has 0 aliphatic heterocycles. The molecule has 82 valence electrons. The molecule has 0 saturated heterocycles. The molecule has 0 saturated carbocycles. The van der Waals surface area contributed by atoms with Gasteiger partial charge in [-0.25, -0.2) is 4.39 Å². The molecule has 0 heterocycles. The van der Waals surface area contributed by atoms with Gasteiger partial charge in [-0.05, 0) is 35.4 Å². The summed E-state index contributed by atoms with van der Waals surface area (Å²) in [4.78, 5) is 11.1. The van der Waals surface area contributed by atoms with Gasteiger partial charge in [-0.1, -0.05) is 24.3 Å². The fraction of sp³-hybridized carbons (Fsp3) is 0.154. The van der Waals surface area contributed by atoms with Gasteiger partial charge in [0.2, 0.25) is 5.91 Å². The van der Waals surface area contributed by atoms with Crippen LogP contribution in [0, 0.1) is 5.82 Å². The van der Waals surface area contributed by atoms with Crippen LogP contribution < -0.4 is 5.73 Å². The maximum absolute atomic E-state index is 12.9. The second-order valence-electron chi connectivity index (χ2n) is 3.87. The lowest BCUT2D eigenvalue weighted by atomic mass is 9.97. The maximum atomic E-state index is 12.9. The van der Waals surface area contributed by atoms with Crippen molar-refractivity contribution in [3.8, 4) is 0 Å². The van der Waals surface area contributed by atoms with E-state index in [0.717, 1.165) is 16.3 Å². The van der Waals surface area contributed by atoms with Crippen molar-refractivity contribution in [2.24, 2.45) is 5.73 Å². The lowest BCUT2D eigenvalue weighted by molar-refractivity contribution is -0.119. The Bertz CT molecular complexity index is 551. The molecule has 2 aromatic rings. The molecule has 3 heteroatoms. The van der Waals surface area contributed by atoms with E-state index in [2.05, 4.69) is 0 Å². The standard InChI is InChI=1S/C13H12FNO/c1-8(13(15)16)9-2-3-11-7-12(14)5-4-10(11)6-9/h2-8H,1H3,(H2,15,16). The zero-order chi connectivity index (χ0) is 11.7. The Labute approximate surface area is 92.9 Å². The molecule has 0 fully saturated rings. The Morgan fingerprint density at radius 1 is 1.19 bits per heavy atom. The quantitative estimate of drug-likeness (QED) is 0.825. The summed E-state index contributed by atoms with van der Waals surface area (Å²) in [5.41, 5.74) is 6.09. The van der Waals surface area contributed by atoms with Crippen LogP contribution in [0.1, 0.15) is 18.4 Å². The van der Waals surface area contributed by atoms with E-state index in [1.54, 1.807) is 25.1 Å². The second kappa shape index (κ2) is 3.93. The summed E-state index contributed by atoms with van der Waals surface area (Å²) in [5, 5.41) is 1.73. The number of carbonyl (C=O) groups excluding carboxylic acids is 1. The highest BCUT2D eigenvalue weighted by Gasteiger charge is 2.11. The zero-order valence-electron chi connectivity index (χ0n) is 8.91. The van der Waals surface area contributed by atoms with Gasteiger partial charge >= 0.3 is 0 Å². The average Bonchev–Trinajstić information content (AvgIpc) is 2.27. The smallest absolute Gasteiger partial charge is 0.224 e. The lowest BCUT2D eigenvalue weighted by Gasteiger charge is -2.08. The van der Waals surface area contributed by atoms with Gasteiger partial charge in [-0.2, -0.15) is 0 Å². The predicted octanol–water partition coefficient (Wildman–Crippen LogP) is 2.57. The lowest BCUT2D eigenvalue weighted by Crippen LogP contribution is -2.18. The Kier molecular flexibility index (Phi) is 2.60. The van der Waals surface area contributed by atoms with Gasteiger partial charge in [0.25, 0.3) is 0 Å². The fourth-order valence-corrected chi connectivity index (χ4v) is 1.67. The highest BCUT2D eigenvalue weighted by Crippen LogP contribution is 2.22. The molecule has 1 amide bonds. The minimum atomic E-state index is -0.360. The normalized spacial score (nSPS) is 12.6. The van der Waals surface area contributed by atoms with Crippen molar-refractivity contribution >= 4 is 16.7 Å². The molecule has 2 N–H and O–H groups in total. The summed E-state index contributed by atoms with van der Waals surface area (Å²) in [6, 6.07) is 10.0. The van der Waals surface area contributed by atoms with Crippen LogP contribution in [-0.2, 0) is 4.79 Å². The van der Waals surface area contributed by atoms with Gasteiger partial charge in [0.15, 0.2) is 0 Å². The van der Waals surface area contributed by atoms with Gasteiger partial charge in [-0.15, -0.1) is 0 Å². The first-order chi connectivity index (χ1) is 7.58. The molecule has 0 aliphatic carbocycles. The highest BCUT2D eigenvalue weighted by molar-refractivity contribution is 5.86. The van der Waals surface area contributed by atoms with Crippen molar-refractivity contribution in [2.75, 3.05) is 0 Å². The highest BCUT2D eigenvalue weighted by atomic mass is 19.1. The van der Waals surface area contributed by atoms with Crippen molar-refractivity contribution in [2.45, 2.75) is 12.8 Å². The number of rotatable bonds is 2. The van der Waals surface area contributed by atoms with E-state index in [1.807, 2.05) is 6.07 Å². The molecule has 1 unspecified atom stereocenters. The molecule has 0 radical (unpaired) electrons. The average molecular weight is 217 g/mol. The van der Waals surface area contributed by atoms with Crippen LogP contribution in [0.3, 0.4) is 0 Å². The number of carbonyl (C=O) groups is 1. The van der Waals surface area contributed by atoms with Crippen LogP contribution in [0.25, 0.3) is 10.8 Å². The molecular formula is C13H12FNO. The maximum Gasteiger partial charge on any atom is 0.224 e. The van der Waals surface area contributed by atoms with E-state index in [-0.39, 0.29) is 17.6 Å². The van der Waals surface area contributed by atoms with E-state index in [0.29, 0.717) is 0 Å². The van der Waals surface area contributed by atoms with E-state index in [1.165, 1.54) is 12.1 Å². The third-order valence-corrected chi connectivity index (χ3v) is 2.75. The zero-order valence-corrected chi connectivity index (χ0v) is 8.91. The van der Waals surface area contributed by atoms with E-state index < -0.39 is 0 Å². The van der Waals surface area contributed by atoms with Crippen molar-refractivity contribution in [3.63, 3.8) is 0 Å². The minimum absolute atomic E-state index is 0.261. The number of primary amides is 1. The molecule has 16 heavy (non-hydrogen) atoms. The Balaban J connectivity index is 2.52. The third kappa shape index (κ3) is 1.89. The topological polar surface area (TPSA) is 43.1 Å². The monoisotopic (exact) mass is 217 g/mol. The van der Waals surface area contributed by atoms with E-state index in [4.69, 9.17) is 5.73 Å². The van der Waals surface area contributed by atoms with Crippen molar-refractivity contribution in [1.82, 2.24) is 0 Å². The van der Waals surface area contributed by atoms with Crippen LogP contribution >= 0.6 is 0 Å². The molecule has 0 aromatic heterocycles. The summed E-state index contributed by atoms with van der Waals surface area (Å²) >= 11 is 0. The van der Waals surface area contributed by atoms with Gasteiger partial charge in [-0.3, -0.25) is 4.79 Å². The summed E-state index contributed by atoms with van der Waals surface area (Å²) in [7, 11) is 0. The largest absolute Gasteiger partial charge is 0.369 e. The fourth-order valence-electron chi connectivity index (χ4n) is 1.67. The van der Waals surface area contributed by atoms with Gasteiger partial charge in [0, 0.05) is 0 Å². The molecule has 0 aliphatic rings. The number of halogens is 1. The SMILES string of the molecule is CC(C(N)=O)c1ccc2cc(F)ccc2c1. The van der Waals surface area contributed by atoms with E-state index >= 15 is 0 Å². The molecule has 1 atom stereocenters. The first-order valence-electron chi connectivity index (χ1n) is 5.06. The van der Waals surface area contributed by atoms with Crippen LogP contribution in [0.5, 0.6) is 0 Å². The molecular weight excluding hydrogens is 205 g/mol. The number of fused-ring (bicyclic) bond motifs is 1. The molecule has 2 aromatic carbocycles. The Hall–Kier alpha value is -1.90. The number of hydrogen-bond donors (Lipinski definition) is 1. The van der Waals surface area contributed by atoms with Crippen LogP contribution in [0.2, 0.25) is 0 Å². The molecule has 2 rings (SSSR count). The molecule has 0 spiro atoms. The Morgan fingerprint density at radius 2 is 1.81 bits per heavy atom. The summed E-state index contributed by atoms with van der Waals surface area (Å²) in [6.45, 7) is 1.76.